The number of methoxy groups -OCH3 is 1. The van der Waals surface area contributed by atoms with Gasteiger partial charge in [0.15, 0.2) is 0 Å². The predicted molar refractivity (Wildman–Crippen MR) is 90.6 cm³/mol. The van der Waals surface area contributed by atoms with Crippen LogP contribution in [0.25, 0.3) is 16.6 Å². The number of aromatic nitrogens is 2. The summed E-state index contributed by atoms with van der Waals surface area (Å²) in [5.74, 6) is -0.136. The Kier molecular flexibility index (Phi) is 4.71. The average molecular weight is 308 g/mol. The van der Waals surface area contributed by atoms with Crippen molar-refractivity contribution in [2.45, 2.75) is 25.7 Å². The summed E-state index contributed by atoms with van der Waals surface area (Å²) in [4.78, 5) is 15.4. The SMILES string of the molecule is COC(=O)CCCCc1cn(-c2cccnc2)c2ccccc12. The molecule has 0 bridgehead atoms. The molecule has 118 valence electrons. The lowest BCUT2D eigenvalue weighted by Crippen LogP contribution is -1.99. The summed E-state index contributed by atoms with van der Waals surface area (Å²) >= 11 is 0. The molecule has 2 aromatic heterocycles. The van der Waals surface area contributed by atoms with E-state index in [0.29, 0.717) is 6.42 Å². The number of hydrogen-bond donors (Lipinski definition) is 0. The van der Waals surface area contributed by atoms with Crippen LogP contribution in [-0.2, 0) is 16.0 Å². The lowest BCUT2D eigenvalue weighted by Gasteiger charge is -2.03. The zero-order valence-electron chi connectivity index (χ0n) is 13.2. The third-order valence-corrected chi connectivity index (χ3v) is 4.02. The number of rotatable bonds is 6. The second kappa shape index (κ2) is 7.09. The maximum absolute atomic E-state index is 11.2. The van der Waals surface area contributed by atoms with Crippen molar-refractivity contribution in [3.63, 3.8) is 0 Å². The van der Waals surface area contributed by atoms with Gasteiger partial charge in [-0.05, 0) is 43.0 Å². The Balaban J connectivity index is 1.82. The minimum atomic E-state index is -0.136. The number of esters is 1. The Morgan fingerprint density at radius 2 is 2.04 bits per heavy atom. The van der Waals surface area contributed by atoms with Crippen molar-refractivity contribution in [3.05, 3.63) is 60.6 Å². The summed E-state index contributed by atoms with van der Waals surface area (Å²) in [6, 6.07) is 12.4. The number of para-hydroxylation sites is 1. The lowest BCUT2D eigenvalue weighted by atomic mass is 10.1. The number of aryl methyl sites for hydroxylation is 1. The van der Waals surface area contributed by atoms with Gasteiger partial charge in [0.05, 0.1) is 24.5 Å². The van der Waals surface area contributed by atoms with Gasteiger partial charge in [-0.15, -0.1) is 0 Å². The monoisotopic (exact) mass is 308 g/mol. The van der Waals surface area contributed by atoms with E-state index in [1.165, 1.54) is 23.6 Å². The van der Waals surface area contributed by atoms with E-state index in [9.17, 15) is 4.79 Å². The molecule has 4 nitrogen and oxygen atoms in total. The van der Waals surface area contributed by atoms with Crippen LogP contribution in [0.2, 0.25) is 0 Å². The van der Waals surface area contributed by atoms with E-state index in [0.717, 1.165) is 24.9 Å². The van der Waals surface area contributed by atoms with Crippen molar-refractivity contribution < 1.29 is 9.53 Å². The molecule has 0 fully saturated rings. The molecule has 0 saturated carbocycles. The Morgan fingerprint density at radius 1 is 1.17 bits per heavy atom. The maximum atomic E-state index is 11.2. The number of nitrogens with zero attached hydrogens (tertiary/aromatic N) is 2. The molecule has 0 atom stereocenters. The van der Waals surface area contributed by atoms with E-state index in [-0.39, 0.29) is 5.97 Å². The highest BCUT2D eigenvalue weighted by molar-refractivity contribution is 5.85. The van der Waals surface area contributed by atoms with Crippen molar-refractivity contribution in [3.8, 4) is 5.69 Å². The van der Waals surface area contributed by atoms with E-state index < -0.39 is 0 Å². The van der Waals surface area contributed by atoms with Gasteiger partial charge >= 0.3 is 5.97 Å². The van der Waals surface area contributed by atoms with E-state index >= 15 is 0 Å². The molecule has 0 saturated heterocycles. The number of pyridine rings is 1. The number of fused-ring (bicyclic) bond motifs is 1. The summed E-state index contributed by atoms with van der Waals surface area (Å²) in [5.41, 5.74) is 3.54. The van der Waals surface area contributed by atoms with E-state index in [2.05, 4.69) is 50.8 Å². The second-order valence-electron chi connectivity index (χ2n) is 5.54. The molecule has 23 heavy (non-hydrogen) atoms. The van der Waals surface area contributed by atoms with Gasteiger partial charge in [-0.25, -0.2) is 0 Å². The van der Waals surface area contributed by atoms with Crippen LogP contribution in [0.15, 0.2) is 55.0 Å². The highest BCUT2D eigenvalue weighted by atomic mass is 16.5. The molecular formula is C19H20N2O2. The Bertz CT molecular complexity index is 793. The van der Waals surface area contributed by atoms with Crippen LogP contribution in [0.4, 0.5) is 0 Å². The summed E-state index contributed by atoms with van der Waals surface area (Å²) in [5, 5.41) is 1.26. The number of ether oxygens (including phenoxy) is 1. The minimum Gasteiger partial charge on any atom is -0.469 e. The Hall–Kier alpha value is -2.62. The average Bonchev–Trinajstić information content (AvgIpc) is 2.98. The van der Waals surface area contributed by atoms with Gasteiger partial charge in [0.1, 0.15) is 0 Å². The van der Waals surface area contributed by atoms with Crippen LogP contribution >= 0.6 is 0 Å². The Labute approximate surface area is 135 Å². The first kappa shape index (κ1) is 15.3. The topological polar surface area (TPSA) is 44.1 Å². The van der Waals surface area contributed by atoms with Crippen LogP contribution in [0, 0.1) is 0 Å². The van der Waals surface area contributed by atoms with Crippen molar-refractivity contribution in [2.24, 2.45) is 0 Å². The van der Waals surface area contributed by atoms with Gasteiger partial charge in [-0.2, -0.15) is 0 Å². The van der Waals surface area contributed by atoms with Crippen LogP contribution in [0.5, 0.6) is 0 Å². The first-order valence-electron chi connectivity index (χ1n) is 7.86. The highest BCUT2D eigenvalue weighted by Gasteiger charge is 2.09. The fraction of sp³-hybridized carbons (Fsp3) is 0.263. The largest absolute Gasteiger partial charge is 0.469 e. The summed E-state index contributed by atoms with van der Waals surface area (Å²) in [7, 11) is 1.43. The van der Waals surface area contributed by atoms with Gasteiger partial charge in [-0.1, -0.05) is 18.2 Å². The quantitative estimate of drug-likeness (QED) is 0.512. The van der Waals surface area contributed by atoms with E-state index in [1.54, 1.807) is 6.20 Å². The molecule has 1 aromatic carbocycles. The third kappa shape index (κ3) is 3.42. The number of hydrogen-bond acceptors (Lipinski definition) is 3. The molecule has 0 unspecified atom stereocenters. The highest BCUT2D eigenvalue weighted by Crippen LogP contribution is 2.25. The van der Waals surface area contributed by atoms with Crippen LogP contribution in [0.3, 0.4) is 0 Å². The lowest BCUT2D eigenvalue weighted by molar-refractivity contribution is -0.140. The van der Waals surface area contributed by atoms with Crippen molar-refractivity contribution in [2.75, 3.05) is 7.11 Å². The van der Waals surface area contributed by atoms with E-state index in [4.69, 9.17) is 0 Å². The second-order valence-corrected chi connectivity index (χ2v) is 5.54. The fourth-order valence-electron chi connectivity index (χ4n) is 2.85. The molecule has 3 rings (SSSR count). The van der Waals surface area contributed by atoms with Crippen LogP contribution in [0.1, 0.15) is 24.8 Å². The smallest absolute Gasteiger partial charge is 0.305 e. The molecule has 0 aliphatic carbocycles. The molecule has 0 amide bonds. The van der Waals surface area contributed by atoms with Crippen molar-refractivity contribution in [1.82, 2.24) is 9.55 Å². The predicted octanol–water partition coefficient (Wildman–Crippen LogP) is 3.91. The summed E-state index contributed by atoms with van der Waals surface area (Å²) < 4.78 is 6.86. The third-order valence-electron chi connectivity index (χ3n) is 4.02. The molecule has 0 spiro atoms. The molecule has 3 aromatic rings. The standard InChI is InChI=1S/C19H20N2O2/c1-23-19(22)11-5-2-7-15-14-21(16-8-6-12-20-13-16)18-10-4-3-9-17(15)18/h3-4,6,8-10,12-14H,2,5,7,11H2,1H3. The molecule has 2 heterocycles. The molecular weight excluding hydrogens is 288 g/mol. The molecule has 0 N–H and O–H groups in total. The zero-order chi connectivity index (χ0) is 16.1. The van der Waals surface area contributed by atoms with E-state index in [1.807, 2.05) is 12.3 Å². The Morgan fingerprint density at radius 3 is 2.83 bits per heavy atom. The number of benzene rings is 1. The molecule has 0 aliphatic heterocycles. The van der Waals surface area contributed by atoms with Gasteiger partial charge in [-0.3, -0.25) is 9.78 Å². The molecule has 4 heteroatoms. The van der Waals surface area contributed by atoms with Gasteiger partial charge in [0.2, 0.25) is 0 Å². The van der Waals surface area contributed by atoms with Crippen LogP contribution in [-0.4, -0.2) is 22.6 Å². The van der Waals surface area contributed by atoms with Gasteiger partial charge < -0.3 is 9.30 Å². The van der Waals surface area contributed by atoms with Gasteiger partial charge in [0.25, 0.3) is 0 Å². The molecule has 0 aliphatic rings. The van der Waals surface area contributed by atoms with Crippen molar-refractivity contribution >= 4 is 16.9 Å². The summed E-state index contributed by atoms with van der Waals surface area (Å²) in [6.07, 6.45) is 9.08. The molecule has 0 radical (unpaired) electrons. The zero-order valence-corrected chi connectivity index (χ0v) is 13.2. The maximum Gasteiger partial charge on any atom is 0.305 e. The normalized spacial score (nSPS) is 10.8. The number of carbonyl (C=O) groups excluding carboxylic acids is 1. The first-order valence-corrected chi connectivity index (χ1v) is 7.86. The fourth-order valence-corrected chi connectivity index (χ4v) is 2.85. The number of carbonyl (C=O) groups is 1. The number of unbranched alkanes of at least 4 members (excludes halogenated alkanes) is 1. The minimum absolute atomic E-state index is 0.136. The van der Waals surface area contributed by atoms with Crippen LogP contribution < -0.4 is 0 Å². The van der Waals surface area contributed by atoms with Gasteiger partial charge in [0, 0.05) is 24.2 Å². The first-order chi connectivity index (χ1) is 11.3. The van der Waals surface area contributed by atoms with Crippen molar-refractivity contribution in [1.29, 1.82) is 0 Å². The summed E-state index contributed by atoms with van der Waals surface area (Å²) in [6.45, 7) is 0.